The van der Waals surface area contributed by atoms with Crippen molar-refractivity contribution < 1.29 is 4.92 Å². The highest BCUT2D eigenvalue weighted by molar-refractivity contribution is 7.99. The van der Waals surface area contributed by atoms with E-state index >= 15 is 0 Å². The molecule has 20 heavy (non-hydrogen) atoms. The molecule has 0 amide bonds. The van der Waals surface area contributed by atoms with Gasteiger partial charge in [-0.25, -0.2) is 4.98 Å². The Morgan fingerprint density at radius 2 is 1.80 bits per heavy atom. The summed E-state index contributed by atoms with van der Waals surface area (Å²) in [4.78, 5) is 15.6. The van der Waals surface area contributed by atoms with E-state index in [0.717, 1.165) is 15.7 Å². The lowest BCUT2D eigenvalue weighted by Crippen LogP contribution is -1.92. The molecule has 0 saturated heterocycles. The van der Waals surface area contributed by atoms with E-state index in [0.29, 0.717) is 5.03 Å². The van der Waals surface area contributed by atoms with Crippen LogP contribution in [0.1, 0.15) is 0 Å². The van der Waals surface area contributed by atoms with Gasteiger partial charge < -0.3 is 0 Å². The fraction of sp³-hybridized carbons (Fsp3) is 0. The second-order valence-electron chi connectivity index (χ2n) is 4.20. The lowest BCUT2D eigenvalue weighted by molar-refractivity contribution is -0.388. The van der Waals surface area contributed by atoms with Crippen molar-refractivity contribution in [2.75, 3.05) is 0 Å². The van der Waals surface area contributed by atoms with Crippen LogP contribution in [0.2, 0.25) is 0 Å². The zero-order valence-corrected chi connectivity index (χ0v) is 11.2. The van der Waals surface area contributed by atoms with E-state index in [9.17, 15) is 10.1 Å². The number of benzene rings is 2. The third-order valence-corrected chi connectivity index (χ3v) is 3.88. The summed E-state index contributed by atoms with van der Waals surface area (Å²) >= 11 is 1.30. The first-order chi connectivity index (χ1) is 9.74. The zero-order chi connectivity index (χ0) is 13.9. The molecule has 1 aromatic heterocycles. The molecule has 0 atom stereocenters. The van der Waals surface area contributed by atoms with Crippen molar-refractivity contribution in [2.24, 2.45) is 0 Å². The minimum atomic E-state index is -0.406. The lowest BCUT2D eigenvalue weighted by atomic mass is 10.1. The highest BCUT2D eigenvalue weighted by Crippen LogP contribution is 2.33. The molecule has 0 aliphatic rings. The van der Waals surface area contributed by atoms with Crippen LogP contribution in [0.3, 0.4) is 0 Å². The molecule has 3 aromatic rings. The summed E-state index contributed by atoms with van der Waals surface area (Å²) in [5, 5.41) is 13.6. The van der Waals surface area contributed by atoms with E-state index in [-0.39, 0.29) is 5.69 Å². The fourth-order valence-electron chi connectivity index (χ4n) is 1.94. The summed E-state index contributed by atoms with van der Waals surface area (Å²) in [6, 6.07) is 17.0. The Morgan fingerprint density at radius 3 is 2.60 bits per heavy atom. The average molecular weight is 282 g/mol. The summed E-state index contributed by atoms with van der Waals surface area (Å²) in [5.41, 5.74) is 0.0330. The van der Waals surface area contributed by atoms with Gasteiger partial charge in [-0.2, -0.15) is 0 Å². The Bertz CT molecular complexity index is 789. The fourth-order valence-corrected chi connectivity index (χ4v) is 2.85. The predicted octanol–water partition coefficient (Wildman–Crippen LogP) is 4.29. The van der Waals surface area contributed by atoms with Gasteiger partial charge in [-0.15, -0.1) is 0 Å². The van der Waals surface area contributed by atoms with Gasteiger partial charge in [0, 0.05) is 17.2 Å². The molecule has 0 bridgehead atoms. The van der Waals surface area contributed by atoms with Gasteiger partial charge in [0.2, 0.25) is 0 Å². The first-order valence-electron chi connectivity index (χ1n) is 6.00. The van der Waals surface area contributed by atoms with Crippen LogP contribution in [0.5, 0.6) is 0 Å². The van der Waals surface area contributed by atoms with Crippen LogP contribution in [0.4, 0.5) is 5.69 Å². The maximum absolute atomic E-state index is 11.0. The van der Waals surface area contributed by atoms with Gasteiger partial charge >= 0.3 is 5.69 Å². The predicted molar refractivity (Wildman–Crippen MR) is 79.0 cm³/mol. The molecule has 0 N–H and O–H groups in total. The molecule has 4 nitrogen and oxygen atoms in total. The van der Waals surface area contributed by atoms with Gasteiger partial charge in [0.05, 0.1) is 4.92 Å². The number of fused-ring (bicyclic) bond motifs is 1. The highest BCUT2D eigenvalue weighted by atomic mass is 32.2. The van der Waals surface area contributed by atoms with Crippen LogP contribution < -0.4 is 0 Å². The topological polar surface area (TPSA) is 56.0 Å². The maximum Gasteiger partial charge on any atom is 0.301 e. The van der Waals surface area contributed by atoms with Crippen LogP contribution in [0.15, 0.2) is 70.7 Å². The van der Waals surface area contributed by atoms with Crippen molar-refractivity contribution in [3.63, 3.8) is 0 Å². The van der Waals surface area contributed by atoms with E-state index < -0.39 is 4.92 Å². The van der Waals surface area contributed by atoms with E-state index in [1.165, 1.54) is 17.8 Å². The van der Waals surface area contributed by atoms with Crippen molar-refractivity contribution in [1.29, 1.82) is 0 Å². The average Bonchev–Trinajstić information content (AvgIpc) is 2.47. The SMILES string of the molecule is O=[N+]([O-])c1cccnc1Sc1ccc2ccccc2c1. The molecule has 3 rings (SSSR count). The smallest absolute Gasteiger partial charge is 0.258 e. The molecule has 0 saturated carbocycles. The Kier molecular flexibility index (Phi) is 3.35. The van der Waals surface area contributed by atoms with Gasteiger partial charge in [0.15, 0.2) is 5.03 Å². The molecule has 5 heteroatoms. The normalized spacial score (nSPS) is 10.6. The van der Waals surface area contributed by atoms with Gasteiger partial charge in [0.1, 0.15) is 0 Å². The Morgan fingerprint density at radius 1 is 1.00 bits per heavy atom. The minimum absolute atomic E-state index is 0.0330. The third-order valence-electron chi connectivity index (χ3n) is 2.88. The number of rotatable bonds is 3. The van der Waals surface area contributed by atoms with Crippen LogP contribution >= 0.6 is 11.8 Å². The quantitative estimate of drug-likeness (QED) is 0.531. The van der Waals surface area contributed by atoms with Crippen molar-refractivity contribution >= 4 is 28.2 Å². The molecule has 0 unspecified atom stereocenters. The largest absolute Gasteiger partial charge is 0.301 e. The monoisotopic (exact) mass is 282 g/mol. The molecule has 0 radical (unpaired) electrons. The number of nitrogens with zero attached hydrogens (tertiary/aromatic N) is 2. The second-order valence-corrected chi connectivity index (χ2v) is 5.26. The summed E-state index contributed by atoms with van der Waals surface area (Å²) < 4.78 is 0. The van der Waals surface area contributed by atoms with Crippen LogP contribution in [-0.2, 0) is 0 Å². The first kappa shape index (κ1) is 12.6. The number of pyridine rings is 1. The molecule has 98 valence electrons. The van der Waals surface area contributed by atoms with Gasteiger partial charge in [-0.05, 0) is 29.0 Å². The summed E-state index contributed by atoms with van der Waals surface area (Å²) in [6.07, 6.45) is 1.57. The van der Waals surface area contributed by atoms with Crippen molar-refractivity contribution in [3.05, 3.63) is 70.9 Å². The molecular weight excluding hydrogens is 272 g/mol. The maximum atomic E-state index is 11.0. The minimum Gasteiger partial charge on any atom is -0.258 e. The summed E-state index contributed by atoms with van der Waals surface area (Å²) in [5.74, 6) is 0. The van der Waals surface area contributed by atoms with Crippen molar-refractivity contribution in [3.8, 4) is 0 Å². The van der Waals surface area contributed by atoms with E-state index in [4.69, 9.17) is 0 Å². The van der Waals surface area contributed by atoms with Gasteiger partial charge in [-0.1, -0.05) is 42.1 Å². The van der Waals surface area contributed by atoms with Crippen LogP contribution in [-0.4, -0.2) is 9.91 Å². The van der Waals surface area contributed by atoms with E-state index in [1.807, 2.05) is 42.5 Å². The third kappa shape index (κ3) is 2.48. The molecule has 0 aliphatic carbocycles. The zero-order valence-electron chi connectivity index (χ0n) is 10.4. The van der Waals surface area contributed by atoms with Crippen LogP contribution in [0, 0.1) is 10.1 Å². The second kappa shape index (κ2) is 5.30. The molecule has 0 fully saturated rings. The van der Waals surface area contributed by atoms with Crippen LogP contribution in [0.25, 0.3) is 10.8 Å². The molecule has 2 aromatic carbocycles. The van der Waals surface area contributed by atoms with E-state index in [2.05, 4.69) is 4.98 Å². The lowest BCUT2D eigenvalue weighted by Gasteiger charge is -2.03. The standard InChI is InChI=1S/C15H10N2O2S/c18-17(19)14-6-3-9-16-15(14)20-13-8-7-11-4-1-2-5-12(11)10-13/h1-10H. The molecular formula is C15H10N2O2S. The Balaban J connectivity index is 1.99. The van der Waals surface area contributed by atoms with E-state index in [1.54, 1.807) is 12.3 Å². The van der Waals surface area contributed by atoms with Gasteiger partial charge in [-0.3, -0.25) is 10.1 Å². The van der Waals surface area contributed by atoms with Crippen molar-refractivity contribution in [1.82, 2.24) is 4.98 Å². The van der Waals surface area contributed by atoms with Gasteiger partial charge in [0.25, 0.3) is 0 Å². The molecule has 0 spiro atoms. The Labute approximate surface area is 119 Å². The summed E-state index contributed by atoms with van der Waals surface area (Å²) in [6.45, 7) is 0. The highest BCUT2D eigenvalue weighted by Gasteiger charge is 2.15. The number of hydrogen-bond donors (Lipinski definition) is 0. The van der Waals surface area contributed by atoms with Crippen molar-refractivity contribution in [2.45, 2.75) is 9.92 Å². The molecule has 1 heterocycles. The first-order valence-corrected chi connectivity index (χ1v) is 6.82. The number of aromatic nitrogens is 1. The summed E-state index contributed by atoms with van der Waals surface area (Å²) in [7, 11) is 0. The number of nitro groups is 1. The molecule has 0 aliphatic heterocycles. The Hall–Kier alpha value is -2.40. The number of hydrogen-bond acceptors (Lipinski definition) is 4.